The topological polar surface area (TPSA) is 29.5 Å². The lowest BCUT2D eigenvalue weighted by atomic mass is 9.92. The summed E-state index contributed by atoms with van der Waals surface area (Å²) in [5.41, 5.74) is 5.96. The zero-order chi connectivity index (χ0) is 18.4. The minimum Gasteiger partial charge on any atom is -0.489 e. The highest BCUT2D eigenvalue weighted by molar-refractivity contribution is 5.69. The van der Waals surface area contributed by atoms with Crippen molar-refractivity contribution in [3.05, 3.63) is 89.5 Å². The summed E-state index contributed by atoms with van der Waals surface area (Å²) in [6.07, 6.45) is 0.862. The van der Waals surface area contributed by atoms with Gasteiger partial charge in [-0.3, -0.25) is 0 Å². The second kappa shape index (κ2) is 8.68. The lowest BCUT2D eigenvalue weighted by molar-refractivity contribution is 0.237. The molecule has 0 fully saturated rings. The number of ether oxygens (including phenoxy) is 1. The van der Waals surface area contributed by atoms with E-state index in [1.54, 1.807) is 0 Å². The number of benzene rings is 3. The average Bonchev–Trinajstić information content (AvgIpc) is 2.67. The molecule has 0 aliphatic carbocycles. The van der Waals surface area contributed by atoms with Crippen LogP contribution in [0.2, 0.25) is 0 Å². The van der Waals surface area contributed by atoms with Gasteiger partial charge in [-0.05, 0) is 59.2 Å². The minimum absolute atomic E-state index is 0.202. The van der Waals surface area contributed by atoms with E-state index in [2.05, 4.69) is 68.4 Å². The van der Waals surface area contributed by atoms with Gasteiger partial charge in [0.25, 0.3) is 0 Å². The van der Waals surface area contributed by atoms with Crippen LogP contribution in [0, 0.1) is 12.8 Å². The van der Waals surface area contributed by atoms with Crippen LogP contribution in [0.4, 0.5) is 0 Å². The molecule has 2 heteroatoms. The van der Waals surface area contributed by atoms with Crippen LogP contribution >= 0.6 is 0 Å². The standard InChI is InChI=1S/C24H26O2/c1-18-12-22(24-11-7-6-10-21(24)13-19(2)16-25)15-23(14-18)26-17-20-8-4-3-5-9-20/h3-12,14-15,19,25H,13,16-17H2,1-2H3. The highest BCUT2D eigenvalue weighted by Crippen LogP contribution is 2.30. The number of aryl methyl sites for hydroxylation is 1. The van der Waals surface area contributed by atoms with Crippen molar-refractivity contribution in [1.29, 1.82) is 0 Å². The maximum Gasteiger partial charge on any atom is 0.120 e. The molecule has 0 aliphatic heterocycles. The first-order valence-corrected chi connectivity index (χ1v) is 9.13. The van der Waals surface area contributed by atoms with E-state index >= 15 is 0 Å². The number of hydrogen-bond donors (Lipinski definition) is 1. The van der Waals surface area contributed by atoms with E-state index in [0.717, 1.165) is 23.3 Å². The number of aliphatic hydroxyl groups excluding tert-OH is 1. The van der Waals surface area contributed by atoms with Crippen molar-refractivity contribution in [1.82, 2.24) is 0 Å². The Morgan fingerprint density at radius 3 is 2.42 bits per heavy atom. The molecule has 26 heavy (non-hydrogen) atoms. The fourth-order valence-electron chi connectivity index (χ4n) is 3.15. The summed E-state index contributed by atoms with van der Waals surface area (Å²) < 4.78 is 6.04. The highest BCUT2D eigenvalue weighted by atomic mass is 16.5. The van der Waals surface area contributed by atoms with E-state index in [-0.39, 0.29) is 12.5 Å². The SMILES string of the molecule is Cc1cc(OCc2ccccc2)cc(-c2ccccc2CC(C)CO)c1. The Bertz CT molecular complexity index is 840. The third kappa shape index (κ3) is 4.74. The first-order chi connectivity index (χ1) is 12.7. The summed E-state index contributed by atoms with van der Waals surface area (Å²) in [5.74, 6) is 1.13. The lowest BCUT2D eigenvalue weighted by Crippen LogP contribution is -2.05. The first-order valence-electron chi connectivity index (χ1n) is 9.13. The molecule has 0 spiro atoms. The Morgan fingerprint density at radius 1 is 0.923 bits per heavy atom. The van der Waals surface area contributed by atoms with Crippen LogP contribution in [0.15, 0.2) is 72.8 Å². The van der Waals surface area contributed by atoms with Gasteiger partial charge in [0.15, 0.2) is 0 Å². The monoisotopic (exact) mass is 346 g/mol. The molecule has 0 bridgehead atoms. The van der Waals surface area contributed by atoms with Gasteiger partial charge in [0, 0.05) is 6.61 Å². The summed E-state index contributed by atoms with van der Waals surface area (Å²) in [7, 11) is 0. The largest absolute Gasteiger partial charge is 0.489 e. The van der Waals surface area contributed by atoms with Crippen LogP contribution in [0.1, 0.15) is 23.6 Å². The van der Waals surface area contributed by atoms with Crippen molar-refractivity contribution in [2.75, 3.05) is 6.61 Å². The summed E-state index contributed by atoms with van der Waals surface area (Å²) in [4.78, 5) is 0. The molecule has 0 saturated heterocycles. The molecule has 1 atom stereocenters. The van der Waals surface area contributed by atoms with Gasteiger partial charge in [0.05, 0.1) is 0 Å². The molecule has 2 nitrogen and oxygen atoms in total. The van der Waals surface area contributed by atoms with Gasteiger partial charge >= 0.3 is 0 Å². The van der Waals surface area contributed by atoms with Gasteiger partial charge in [0.2, 0.25) is 0 Å². The van der Waals surface area contributed by atoms with Crippen molar-refractivity contribution < 1.29 is 9.84 Å². The highest BCUT2D eigenvalue weighted by Gasteiger charge is 2.10. The number of aliphatic hydroxyl groups is 1. The Labute approximate surface area is 156 Å². The van der Waals surface area contributed by atoms with E-state index in [0.29, 0.717) is 6.61 Å². The number of rotatable bonds is 7. The van der Waals surface area contributed by atoms with Crippen LogP contribution in [0.3, 0.4) is 0 Å². The van der Waals surface area contributed by atoms with Crippen LogP contribution < -0.4 is 4.74 Å². The molecule has 3 rings (SSSR count). The van der Waals surface area contributed by atoms with Gasteiger partial charge in [-0.25, -0.2) is 0 Å². The quantitative estimate of drug-likeness (QED) is 0.619. The van der Waals surface area contributed by atoms with Crippen LogP contribution in [0.5, 0.6) is 5.75 Å². The van der Waals surface area contributed by atoms with Crippen LogP contribution in [-0.2, 0) is 13.0 Å². The Morgan fingerprint density at radius 2 is 1.65 bits per heavy atom. The van der Waals surface area contributed by atoms with Crippen molar-refractivity contribution in [2.45, 2.75) is 26.9 Å². The zero-order valence-corrected chi connectivity index (χ0v) is 15.5. The zero-order valence-electron chi connectivity index (χ0n) is 15.5. The van der Waals surface area contributed by atoms with E-state index in [9.17, 15) is 5.11 Å². The molecule has 1 unspecified atom stereocenters. The minimum atomic E-state index is 0.202. The molecule has 0 saturated carbocycles. The van der Waals surface area contributed by atoms with Gasteiger partial charge < -0.3 is 9.84 Å². The normalized spacial score (nSPS) is 12.0. The second-order valence-electron chi connectivity index (χ2n) is 6.96. The smallest absolute Gasteiger partial charge is 0.120 e. The molecule has 3 aromatic rings. The fourth-order valence-corrected chi connectivity index (χ4v) is 3.15. The molecule has 0 aromatic heterocycles. The van der Waals surface area contributed by atoms with Gasteiger partial charge in [-0.1, -0.05) is 67.6 Å². The predicted octanol–water partition coefficient (Wildman–Crippen LogP) is 5.41. The third-order valence-electron chi connectivity index (χ3n) is 4.51. The third-order valence-corrected chi connectivity index (χ3v) is 4.51. The molecule has 0 heterocycles. The summed E-state index contributed by atoms with van der Waals surface area (Å²) in [6.45, 7) is 4.93. The van der Waals surface area contributed by atoms with E-state index in [4.69, 9.17) is 4.74 Å². The van der Waals surface area contributed by atoms with E-state index < -0.39 is 0 Å². The molecular formula is C24H26O2. The van der Waals surface area contributed by atoms with E-state index in [1.165, 1.54) is 16.7 Å². The maximum absolute atomic E-state index is 9.40. The predicted molar refractivity (Wildman–Crippen MR) is 107 cm³/mol. The van der Waals surface area contributed by atoms with Gasteiger partial charge in [-0.2, -0.15) is 0 Å². The lowest BCUT2D eigenvalue weighted by Gasteiger charge is -2.15. The molecule has 134 valence electrons. The first kappa shape index (κ1) is 18.2. The van der Waals surface area contributed by atoms with Crippen molar-refractivity contribution in [2.24, 2.45) is 5.92 Å². The second-order valence-corrected chi connectivity index (χ2v) is 6.96. The van der Waals surface area contributed by atoms with Gasteiger partial charge in [-0.15, -0.1) is 0 Å². The summed E-state index contributed by atoms with van der Waals surface area (Å²) >= 11 is 0. The Balaban J connectivity index is 1.86. The fraction of sp³-hybridized carbons (Fsp3) is 0.250. The van der Waals surface area contributed by atoms with Gasteiger partial charge in [0.1, 0.15) is 12.4 Å². The molecular weight excluding hydrogens is 320 g/mol. The maximum atomic E-state index is 9.40. The van der Waals surface area contributed by atoms with Crippen molar-refractivity contribution in [3.63, 3.8) is 0 Å². The Kier molecular flexibility index (Phi) is 6.08. The number of hydrogen-bond acceptors (Lipinski definition) is 2. The van der Waals surface area contributed by atoms with Crippen molar-refractivity contribution in [3.8, 4) is 16.9 Å². The molecule has 0 radical (unpaired) electrons. The Hall–Kier alpha value is -2.58. The van der Waals surface area contributed by atoms with Crippen LogP contribution in [-0.4, -0.2) is 11.7 Å². The molecule has 0 aliphatic rings. The van der Waals surface area contributed by atoms with Crippen molar-refractivity contribution >= 4 is 0 Å². The average molecular weight is 346 g/mol. The molecule has 0 amide bonds. The molecule has 3 aromatic carbocycles. The summed E-state index contributed by atoms with van der Waals surface area (Å²) in [6, 6.07) is 25.0. The van der Waals surface area contributed by atoms with Crippen LogP contribution in [0.25, 0.3) is 11.1 Å². The van der Waals surface area contributed by atoms with E-state index in [1.807, 2.05) is 18.2 Å². The summed E-state index contributed by atoms with van der Waals surface area (Å²) in [5, 5.41) is 9.40. The molecule has 1 N–H and O–H groups in total.